The molecule has 0 unspecified atom stereocenters. The van der Waals surface area contributed by atoms with Gasteiger partial charge in [0.05, 0.1) is 24.6 Å². The number of fused-ring (bicyclic) bond motifs is 1. The highest BCUT2D eigenvalue weighted by molar-refractivity contribution is 9.09. The summed E-state index contributed by atoms with van der Waals surface area (Å²) in [6.45, 7) is 0. The number of benzene rings is 1. The van der Waals surface area contributed by atoms with Crippen molar-refractivity contribution in [1.82, 2.24) is 9.97 Å². The standard InChI is InChI=1S/C18H17BrN2O4/c1-24-16(23)9-11-5-7-12(8-6-11)25-18-13-3-2-4-14(13)20-17(21-18)15(22)10-19/h5-8H,2-4,9-10H2,1H3. The summed E-state index contributed by atoms with van der Waals surface area (Å²) in [5.41, 5.74) is 2.68. The summed E-state index contributed by atoms with van der Waals surface area (Å²) in [7, 11) is 1.36. The highest BCUT2D eigenvalue weighted by Crippen LogP contribution is 2.31. The fourth-order valence-electron chi connectivity index (χ4n) is 2.69. The van der Waals surface area contributed by atoms with Gasteiger partial charge >= 0.3 is 5.97 Å². The summed E-state index contributed by atoms with van der Waals surface area (Å²) >= 11 is 3.15. The summed E-state index contributed by atoms with van der Waals surface area (Å²) in [5.74, 6) is 0.745. The maximum Gasteiger partial charge on any atom is 0.309 e. The first-order chi connectivity index (χ1) is 12.1. The van der Waals surface area contributed by atoms with Crippen LogP contribution in [0.4, 0.5) is 0 Å². The van der Waals surface area contributed by atoms with Crippen molar-refractivity contribution in [3.63, 3.8) is 0 Å². The van der Waals surface area contributed by atoms with Gasteiger partial charge in [-0.05, 0) is 37.0 Å². The number of methoxy groups -OCH3 is 1. The Morgan fingerprint density at radius 3 is 2.60 bits per heavy atom. The van der Waals surface area contributed by atoms with E-state index in [2.05, 4.69) is 30.6 Å². The van der Waals surface area contributed by atoms with Crippen LogP contribution in [0, 0.1) is 0 Å². The van der Waals surface area contributed by atoms with E-state index in [1.54, 1.807) is 24.3 Å². The number of hydrogen-bond donors (Lipinski definition) is 0. The molecule has 2 aromatic rings. The minimum Gasteiger partial charge on any atom is -0.469 e. The molecule has 1 aliphatic rings. The number of carbonyl (C=O) groups excluding carboxylic acids is 2. The molecule has 0 bridgehead atoms. The zero-order chi connectivity index (χ0) is 17.8. The van der Waals surface area contributed by atoms with E-state index in [0.717, 1.165) is 36.1 Å². The van der Waals surface area contributed by atoms with Crippen molar-refractivity contribution >= 4 is 27.7 Å². The smallest absolute Gasteiger partial charge is 0.309 e. The summed E-state index contributed by atoms with van der Waals surface area (Å²) in [4.78, 5) is 31.9. The summed E-state index contributed by atoms with van der Waals surface area (Å²) in [6.07, 6.45) is 2.86. The van der Waals surface area contributed by atoms with Crippen molar-refractivity contribution < 1.29 is 19.1 Å². The Balaban J connectivity index is 1.84. The van der Waals surface area contributed by atoms with Crippen LogP contribution in [0.25, 0.3) is 0 Å². The second-order valence-electron chi connectivity index (χ2n) is 5.69. The molecule has 130 valence electrons. The number of carbonyl (C=O) groups is 2. The van der Waals surface area contributed by atoms with Gasteiger partial charge in [-0.25, -0.2) is 4.98 Å². The van der Waals surface area contributed by atoms with Gasteiger partial charge in [0.1, 0.15) is 5.75 Å². The first-order valence-corrected chi connectivity index (χ1v) is 9.05. The molecule has 0 spiro atoms. The van der Waals surface area contributed by atoms with E-state index in [9.17, 15) is 9.59 Å². The van der Waals surface area contributed by atoms with Gasteiger partial charge in [-0.15, -0.1) is 0 Å². The predicted molar refractivity (Wildman–Crippen MR) is 94.4 cm³/mol. The Bertz CT molecular complexity index is 805. The third kappa shape index (κ3) is 4.04. The first-order valence-electron chi connectivity index (χ1n) is 7.93. The second kappa shape index (κ2) is 7.74. The molecule has 7 heteroatoms. The highest BCUT2D eigenvalue weighted by atomic mass is 79.9. The van der Waals surface area contributed by atoms with Crippen LogP contribution in [-0.4, -0.2) is 34.2 Å². The SMILES string of the molecule is COC(=O)Cc1ccc(Oc2nc(C(=O)CBr)nc3c2CCC3)cc1. The molecule has 25 heavy (non-hydrogen) atoms. The van der Waals surface area contributed by atoms with Gasteiger partial charge in [-0.2, -0.15) is 4.98 Å². The maximum absolute atomic E-state index is 11.9. The molecule has 1 aliphatic carbocycles. The van der Waals surface area contributed by atoms with E-state index in [0.29, 0.717) is 11.6 Å². The van der Waals surface area contributed by atoms with Crippen LogP contribution in [0.2, 0.25) is 0 Å². The largest absolute Gasteiger partial charge is 0.469 e. The van der Waals surface area contributed by atoms with Crippen LogP contribution < -0.4 is 4.74 Å². The molecule has 0 atom stereocenters. The van der Waals surface area contributed by atoms with Crippen LogP contribution in [0.3, 0.4) is 0 Å². The lowest BCUT2D eigenvalue weighted by atomic mass is 10.1. The predicted octanol–water partition coefficient (Wildman–Crippen LogP) is 3.05. The Labute approximate surface area is 153 Å². The van der Waals surface area contributed by atoms with Crippen LogP contribution in [0.1, 0.15) is 33.9 Å². The number of Topliss-reactive ketones (excluding diaryl/α,β-unsaturated/α-hetero) is 1. The zero-order valence-electron chi connectivity index (χ0n) is 13.8. The molecule has 0 fully saturated rings. The molecule has 1 aromatic heterocycles. The van der Waals surface area contributed by atoms with Gasteiger partial charge in [0.25, 0.3) is 0 Å². The van der Waals surface area contributed by atoms with E-state index in [4.69, 9.17) is 4.74 Å². The van der Waals surface area contributed by atoms with Crippen LogP contribution >= 0.6 is 15.9 Å². The fraction of sp³-hybridized carbons (Fsp3) is 0.333. The van der Waals surface area contributed by atoms with Gasteiger partial charge in [-0.3, -0.25) is 9.59 Å². The van der Waals surface area contributed by atoms with Crippen LogP contribution in [-0.2, 0) is 28.8 Å². The number of aromatic nitrogens is 2. The van der Waals surface area contributed by atoms with E-state index in [1.165, 1.54) is 7.11 Å². The quantitative estimate of drug-likeness (QED) is 0.418. The summed E-state index contributed by atoms with van der Waals surface area (Å²) < 4.78 is 10.6. The number of alkyl halides is 1. The van der Waals surface area contributed by atoms with Gasteiger partial charge in [-0.1, -0.05) is 28.1 Å². The highest BCUT2D eigenvalue weighted by Gasteiger charge is 2.23. The van der Waals surface area contributed by atoms with Gasteiger partial charge in [0.15, 0.2) is 0 Å². The van der Waals surface area contributed by atoms with Crippen molar-refractivity contribution in [2.24, 2.45) is 0 Å². The molecule has 0 amide bonds. The molecule has 0 radical (unpaired) electrons. The van der Waals surface area contributed by atoms with Crippen molar-refractivity contribution in [2.45, 2.75) is 25.7 Å². The topological polar surface area (TPSA) is 78.4 Å². The molecule has 0 aliphatic heterocycles. The normalized spacial score (nSPS) is 12.6. The number of halogens is 1. The van der Waals surface area contributed by atoms with Crippen LogP contribution in [0.5, 0.6) is 11.6 Å². The molecule has 1 aromatic carbocycles. The summed E-state index contributed by atoms with van der Waals surface area (Å²) in [6, 6.07) is 7.15. The zero-order valence-corrected chi connectivity index (χ0v) is 15.3. The molecule has 3 rings (SSSR count). The lowest BCUT2D eigenvalue weighted by molar-refractivity contribution is -0.139. The molecule has 1 heterocycles. The lowest BCUT2D eigenvalue weighted by Gasteiger charge is -2.11. The third-order valence-corrected chi connectivity index (χ3v) is 4.49. The Morgan fingerprint density at radius 1 is 1.16 bits per heavy atom. The Morgan fingerprint density at radius 2 is 1.92 bits per heavy atom. The van der Waals surface area contributed by atoms with Crippen molar-refractivity contribution in [3.8, 4) is 11.6 Å². The number of nitrogens with zero attached hydrogens (tertiary/aromatic N) is 2. The molecule has 6 nitrogen and oxygen atoms in total. The lowest BCUT2D eigenvalue weighted by Crippen LogP contribution is -2.10. The number of esters is 1. The van der Waals surface area contributed by atoms with Crippen molar-refractivity contribution in [3.05, 3.63) is 46.9 Å². The number of ketones is 1. The third-order valence-electron chi connectivity index (χ3n) is 3.98. The Kier molecular flexibility index (Phi) is 5.43. The molecule has 0 N–H and O–H groups in total. The van der Waals surface area contributed by atoms with Gasteiger partial charge in [0, 0.05) is 5.56 Å². The number of hydrogen-bond acceptors (Lipinski definition) is 6. The minimum absolute atomic E-state index is 0.173. The molecular formula is C18H17BrN2O4. The molecule has 0 saturated heterocycles. The van der Waals surface area contributed by atoms with Crippen molar-refractivity contribution in [1.29, 1.82) is 0 Å². The first kappa shape index (κ1) is 17.5. The van der Waals surface area contributed by atoms with Crippen LogP contribution in [0.15, 0.2) is 24.3 Å². The number of ether oxygens (including phenoxy) is 2. The van der Waals surface area contributed by atoms with Crippen molar-refractivity contribution in [2.75, 3.05) is 12.4 Å². The minimum atomic E-state index is -0.291. The van der Waals surface area contributed by atoms with E-state index < -0.39 is 0 Å². The fourth-order valence-corrected chi connectivity index (χ4v) is 2.94. The molecule has 0 saturated carbocycles. The average Bonchev–Trinajstić information content (AvgIpc) is 3.11. The van der Waals surface area contributed by atoms with Gasteiger partial charge < -0.3 is 9.47 Å². The monoisotopic (exact) mass is 404 g/mol. The number of aryl methyl sites for hydroxylation is 1. The second-order valence-corrected chi connectivity index (χ2v) is 6.25. The van der Waals surface area contributed by atoms with E-state index in [-0.39, 0.29) is 29.3 Å². The van der Waals surface area contributed by atoms with E-state index in [1.807, 2.05) is 0 Å². The van der Waals surface area contributed by atoms with E-state index >= 15 is 0 Å². The number of rotatable bonds is 6. The Hall–Kier alpha value is -2.28. The summed E-state index contributed by atoms with van der Waals surface area (Å²) in [5, 5.41) is 0.174. The molecular weight excluding hydrogens is 388 g/mol. The maximum atomic E-state index is 11.9. The average molecular weight is 405 g/mol. The van der Waals surface area contributed by atoms with Gasteiger partial charge in [0.2, 0.25) is 17.5 Å².